The summed E-state index contributed by atoms with van der Waals surface area (Å²) >= 11 is 0.00200. The van der Waals surface area contributed by atoms with Crippen LogP contribution in [-0.4, -0.2) is 54.6 Å². The molecule has 0 radical (unpaired) electrons. The zero-order valence-corrected chi connectivity index (χ0v) is 24.2. The van der Waals surface area contributed by atoms with E-state index in [9.17, 15) is 18.0 Å². The van der Waals surface area contributed by atoms with Gasteiger partial charge < -0.3 is 0 Å². The van der Waals surface area contributed by atoms with E-state index in [2.05, 4.69) is 26.0 Å². The van der Waals surface area contributed by atoms with E-state index in [1.165, 1.54) is 30.0 Å². The molecule has 3 aliphatic rings. The molecule has 9 heteroatoms. The Balaban J connectivity index is 1.58. The van der Waals surface area contributed by atoms with E-state index in [0.29, 0.717) is 19.3 Å². The topological polar surface area (TPSA) is 96.0 Å². The number of esters is 2. The second-order valence-electron chi connectivity index (χ2n) is 10.9. The number of benzene rings is 2. The van der Waals surface area contributed by atoms with Crippen molar-refractivity contribution in [3.8, 4) is 0 Å². The van der Waals surface area contributed by atoms with Crippen LogP contribution < -0.4 is 4.46 Å². The summed E-state index contributed by atoms with van der Waals surface area (Å²) in [5, 5.41) is 1.03. The summed E-state index contributed by atoms with van der Waals surface area (Å²) in [6.45, 7) is 4.18. The van der Waals surface area contributed by atoms with E-state index in [-0.39, 0.29) is 37.1 Å². The molecular formula is C29H32O7SSe. The van der Waals surface area contributed by atoms with Crippen LogP contribution in [0.25, 0.3) is 0 Å². The van der Waals surface area contributed by atoms with E-state index < -0.39 is 44.3 Å². The molecule has 38 heavy (non-hydrogen) atoms. The number of rotatable bonds is 7. The molecule has 1 aliphatic heterocycles. The molecule has 0 aromatic heterocycles. The van der Waals surface area contributed by atoms with Crippen LogP contribution in [0.4, 0.5) is 0 Å². The Bertz CT molecular complexity index is 1340. The first kappa shape index (κ1) is 27.0. The average Bonchev–Trinajstić information content (AvgIpc) is 3.23. The molecule has 2 bridgehead atoms. The maximum absolute atomic E-state index is 13.8. The number of carbonyl (C=O) groups is 2. The molecular weight excluding hydrogens is 571 g/mol. The molecule has 2 unspecified atom stereocenters. The summed E-state index contributed by atoms with van der Waals surface area (Å²) in [4.78, 5) is 26.8. The Morgan fingerprint density at radius 3 is 2.39 bits per heavy atom. The van der Waals surface area contributed by atoms with E-state index >= 15 is 0 Å². The number of fused-ring (bicyclic) bond motifs is 1. The predicted octanol–water partition coefficient (Wildman–Crippen LogP) is 3.82. The van der Waals surface area contributed by atoms with Crippen LogP contribution in [0, 0.1) is 16.2 Å². The Hall–Kier alpha value is -2.61. The van der Waals surface area contributed by atoms with Crippen molar-refractivity contribution >= 4 is 41.2 Å². The average molecular weight is 604 g/mol. The quantitative estimate of drug-likeness (QED) is 0.270. The van der Waals surface area contributed by atoms with Crippen LogP contribution in [0.3, 0.4) is 0 Å². The van der Waals surface area contributed by atoms with Crippen LogP contribution >= 0.6 is 0 Å². The van der Waals surface area contributed by atoms with Crippen molar-refractivity contribution < 1.29 is 32.2 Å². The fourth-order valence-electron chi connectivity index (χ4n) is 6.78. The second kappa shape index (κ2) is 9.85. The Morgan fingerprint density at radius 2 is 1.74 bits per heavy atom. The van der Waals surface area contributed by atoms with Gasteiger partial charge in [-0.3, -0.25) is 0 Å². The van der Waals surface area contributed by atoms with Gasteiger partial charge in [0.15, 0.2) is 0 Å². The van der Waals surface area contributed by atoms with Gasteiger partial charge >= 0.3 is 231 Å². The molecule has 1 spiro atoms. The van der Waals surface area contributed by atoms with Crippen molar-refractivity contribution in [2.45, 2.75) is 61.5 Å². The van der Waals surface area contributed by atoms with Crippen molar-refractivity contribution in [3.63, 3.8) is 0 Å². The van der Waals surface area contributed by atoms with Gasteiger partial charge in [0.2, 0.25) is 0 Å². The monoisotopic (exact) mass is 604 g/mol. The first-order valence-electron chi connectivity index (χ1n) is 12.7. The molecule has 7 nitrogen and oxygen atoms in total. The third-order valence-electron chi connectivity index (χ3n) is 8.77. The van der Waals surface area contributed by atoms with Gasteiger partial charge in [0.05, 0.1) is 0 Å². The van der Waals surface area contributed by atoms with E-state index in [1.54, 1.807) is 18.2 Å². The Kier molecular flexibility index (Phi) is 6.99. The third kappa shape index (κ3) is 4.19. The van der Waals surface area contributed by atoms with Gasteiger partial charge in [-0.05, 0) is 0 Å². The van der Waals surface area contributed by atoms with E-state index in [0.717, 1.165) is 5.41 Å². The first-order chi connectivity index (χ1) is 18.1. The van der Waals surface area contributed by atoms with Crippen molar-refractivity contribution in [3.05, 3.63) is 72.3 Å². The third-order valence-corrected chi connectivity index (χ3v) is 13.5. The number of ether oxygens (including phenoxy) is 3. The number of methoxy groups -OCH3 is 1. The van der Waals surface area contributed by atoms with Gasteiger partial charge in [-0.25, -0.2) is 0 Å². The summed E-state index contributed by atoms with van der Waals surface area (Å²) in [5.41, 5.74) is -2.41. The minimum absolute atomic E-state index is 0.00200. The molecule has 3 fully saturated rings. The van der Waals surface area contributed by atoms with Crippen molar-refractivity contribution in [2.24, 2.45) is 16.2 Å². The zero-order chi connectivity index (χ0) is 27.2. The van der Waals surface area contributed by atoms with Gasteiger partial charge in [-0.1, -0.05) is 0 Å². The summed E-state index contributed by atoms with van der Waals surface area (Å²) < 4.78 is 44.6. The van der Waals surface area contributed by atoms with Crippen LogP contribution in [-0.2, 0) is 33.6 Å². The molecule has 5 rings (SSSR count). The van der Waals surface area contributed by atoms with Crippen molar-refractivity contribution in [1.82, 2.24) is 0 Å². The van der Waals surface area contributed by atoms with Gasteiger partial charge in [-0.2, -0.15) is 0 Å². The molecule has 1 heterocycles. The molecule has 2 saturated carbocycles. The number of hydrogen-bond donors (Lipinski definition) is 0. The molecule has 5 atom stereocenters. The molecule has 2 aliphatic carbocycles. The first-order valence-corrected chi connectivity index (χ1v) is 16.1. The van der Waals surface area contributed by atoms with Gasteiger partial charge in [0.25, 0.3) is 0 Å². The fourth-order valence-corrected chi connectivity index (χ4v) is 10.9. The Labute approximate surface area is 230 Å². The van der Waals surface area contributed by atoms with Gasteiger partial charge in [0, 0.05) is 0 Å². The van der Waals surface area contributed by atoms with Gasteiger partial charge in [0.1, 0.15) is 0 Å². The number of sulfone groups is 1. The summed E-state index contributed by atoms with van der Waals surface area (Å²) in [6, 6.07) is 18.3. The molecule has 2 aromatic rings. The normalized spacial score (nSPS) is 31.9. The molecule has 1 saturated heterocycles. The van der Waals surface area contributed by atoms with Crippen molar-refractivity contribution in [2.75, 3.05) is 7.11 Å². The standard InChI is InChI=1S/C29H32O7SSe/c1-27(2)23(38-21-12-8-5-9-13-21)18-28-19-24(30)36-22(28)14-15-29(27,26(31)34-3)25(28)35-16-17-37(32,33)20-10-6-4-7-11-20/h4-13,16-17,22-23,25H,14-15,18-19H2,1-3H3/b17-16+/t22-,23?,25?,28+,29+/m0/s1. The zero-order valence-electron chi connectivity index (χ0n) is 21.7. The summed E-state index contributed by atoms with van der Waals surface area (Å²) in [5.74, 6) is -0.701. The SMILES string of the molecule is COC(=O)[C@]12CC[C@@H]3OC(=O)C[C@@]3(CC([Se]c3ccccc3)C1(C)C)C2O/C=C/S(=O)(=O)c1ccccc1. The van der Waals surface area contributed by atoms with Crippen molar-refractivity contribution in [1.29, 1.82) is 0 Å². The van der Waals surface area contributed by atoms with Crippen LogP contribution in [0.1, 0.15) is 39.5 Å². The number of hydrogen-bond acceptors (Lipinski definition) is 7. The predicted molar refractivity (Wildman–Crippen MR) is 142 cm³/mol. The van der Waals surface area contributed by atoms with E-state index in [4.69, 9.17) is 14.2 Å². The van der Waals surface area contributed by atoms with Crippen LogP contribution in [0.2, 0.25) is 4.82 Å². The summed E-state index contributed by atoms with van der Waals surface area (Å²) in [7, 11) is -2.39. The minimum atomic E-state index is -3.76. The molecule has 0 N–H and O–H groups in total. The summed E-state index contributed by atoms with van der Waals surface area (Å²) in [6.07, 6.45) is 1.69. The van der Waals surface area contributed by atoms with Crippen LogP contribution in [0.15, 0.2) is 77.2 Å². The fraction of sp³-hybridized carbons (Fsp3) is 0.448. The Morgan fingerprint density at radius 1 is 1.08 bits per heavy atom. The van der Waals surface area contributed by atoms with E-state index in [1.807, 2.05) is 18.2 Å². The van der Waals surface area contributed by atoms with Crippen LogP contribution in [0.5, 0.6) is 0 Å². The maximum atomic E-state index is 13.8. The molecule has 2 aromatic carbocycles. The second-order valence-corrected chi connectivity index (χ2v) is 15.4. The molecule has 202 valence electrons. The van der Waals surface area contributed by atoms with Gasteiger partial charge in [-0.15, -0.1) is 0 Å². The number of carbonyl (C=O) groups excluding carboxylic acids is 2. The molecule has 0 amide bonds.